The van der Waals surface area contributed by atoms with Gasteiger partial charge in [-0.25, -0.2) is 0 Å². The minimum atomic E-state index is 0.0160. The summed E-state index contributed by atoms with van der Waals surface area (Å²) in [6.07, 6.45) is 2.50. The summed E-state index contributed by atoms with van der Waals surface area (Å²) in [6.45, 7) is 6.91. The first kappa shape index (κ1) is 12.4. The fraction of sp³-hybridized carbons (Fsp3) is 0.727. The second kappa shape index (κ2) is 4.64. The van der Waals surface area contributed by atoms with Crippen molar-refractivity contribution in [1.29, 1.82) is 0 Å². The van der Waals surface area contributed by atoms with E-state index in [-0.39, 0.29) is 17.4 Å². The summed E-state index contributed by atoms with van der Waals surface area (Å²) in [5.41, 5.74) is 0.387. The summed E-state index contributed by atoms with van der Waals surface area (Å²) in [4.78, 5) is 12.1. The molecule has 0 aliphatic heterocycles. The number of nitrogens with one attached hydrogen (secondary N) is 1. The Morgan fingerprint density at radius 2 is 2.06 bits per heavy atom. The van der Waals surface area contributed by atoms with Crippen LogP contribution in [0.2, 0.25) is 5.28 Å². The highest BCUT2D eigenvalue weighted by atomic mass is 35.5. The molecule has 0 bridgehead atoms. The van der Waals surface area contributed by atoms with Crippen LogP contribution in [0.25, 0.3) is 0 Å². The van der Waals surface area contributed by atoms with Crippen LogP contribution in [0.5, 0.6) is 6.01 Å². The maximum absolute atomic E-state index is 5.82. The molecule has 6 heteroatoms. The van der Waals surface area contributed by atoms with Gasteiger partial charge in [-0.15, -0.1) is 0 Å². The Labute approximate surface area is 106 Å². The molecule has 1 heterocycles. The van der Waals surface area contributed by atoms with Gasteiger partial charge in [-0.1, -0.05) is 6.92 Å². The summed E-state index contributed by atoms with van der Waals surface area (Å²) in [6, 6.07) is 0.267. The van der Waals surface area contributed by atoms with Crippen LogP contribution in [-0.4, -0.2) is 27.6 Å². The Morgan fingerprint density at radius 3 is 2.65 bits per heavy atom. The van der Waals surface area contributed by atoms with E-state index in [4.69, 9.17) is 16.3 Å². The summed E-state index contributed by atoms with van der Waals surface area (Å²) < 4.78 is 5.40. The number of ether oxygens (including phenoxy) is 1. The molecule has 0 unspecified atom stereocenters. The lowest BCUT2D eigenvalue weighted by Crippen LogP contribution is -2.15. The minimum absolute atomic E-state index is 0.0160. The second-order valence-corrected chi connectivity index (χ2v) is 5.38. The molecule has 0 saturated heterocycles. The molecule has 17 heavy (non-hydrogen) atoms. The Morgan fingerprint density at radius 1 is 1.35 bits per heavy atom. The number of aromatic nitrogens is 3. The van der Waals surface area contributed by atoms with Crippen molar-refractivity contribution in [3.05, 3.63) is 5.28 Å². The van der Waals surface area contributed by atoms with E-state index in [2.05, 4.69) is 27.2 Å². The topological polar surface area (TPSA) is 59.9 Å². The van der Waals surface area contributed by atoms with Gasteiger partial charge in [0.15, 0.2) is 0 Å². The zero-order valence-corrected chi connectivity index (χ0v) is 11.1. The number of halogens is 1. The van der Waals surface area contributed by atoms with E-state index in [1.54, 1.807) is 0 Å². The zero-order valence-electron chi connectivity index (χ0n) is 10.3. The van der Waals surface area contributed by atoms with Gasteiger partial charge in [0.25, 0.3) is 0 Å². The predicted molar refractivity (Wildman–Crippen MR) is 66.4 cm³/mol. The third kappa shape index (κ3) is 3.70. The standard InChI is InChI=1S/C11H17ClN4O/c1-7(2)17-10-15-8(12)14-9(16-10)13-6-11(3)4-5-11/h7H,4-6H2,1-3H3,(H,13,14,15,16). The van der Waals surface area contributed by atoms with Crippen LogP contribution in [0, 0.1) is 5.41 Å². The van der Waals surface area contributed by atoms with Gasteiger partial charge in [0.05, 0.1) is 6.10 Å². The van der Waals surface area contributed by atoms with Gasteiger partial charge in [-0.05, 0) is 43.7 Å². The van der Waals surface area contributed by atoms with Crippen molar-refractivity contribution < 1.29 is 4.74 Å². The molecule has 5 nitrogen and oxygen atoms in total. The first-order chi connectivity index (χ1) is 7.97. The average Bonchev–Trinajstić information content (AvgIpc) is 2.93. The van der Waals surface area contributed by atoms with E-state index >= 15 is 0 Å². The molecule has 1 aliphatic carbocycles. The van der Waals surface area contributed by atoms with Gasteiger partial charge in [-0.3, -0.25) is 0 Å². The monoisotopic (exact) mass is 256 g/mol. The molecule has 1 fully saturated rings. The summed E-state index contributed by atoms with van der Waals surface area (Å²) in [7, 11) is 0. The number of anilines is 1. The smallest absolute Gasteiger partial charge is 0.322 e. The molecule has 1 N–H and O–H groups in total. The van der Waals surface area contributed by atoms with Gasteiger partial charge < -0.3 is 10.1 Å². The summed E-state index contributed by atoms with van der Waals surface area (Å²) in [5, 5.41) is 3.33. The van der Waals surface area contributed by atoms with E-state index in [9.17, 15) is 0 Å². The quantitative estimate of drug-likeness (QED) is 0.877. The molecular formula is C11H17ClN4O. The van der Waals surface area contributed by atoms with Gasteiger partial charge in [0.1, 0.15) is 0 Å². The van der Waals surface area contributed by atoms with Crippen LogP contribution in [0.3, 0.4) is 0 Å². The molecule has 1 aromatic rings. The van der Waals surface area contributed by atoms with Gasteiger partial charge in [0.2, 0.25) is 11.2 Å². The van der Waals surface area contributed by atoms with Gasteiger partial charge in [-0.2, -0.15) is 15.0 Å². The van der Waals surface area contributed by atoms with Crippen LogP contribution in [-0.2, 0) is 0 Å². The number of hydrogen-bond donors (Lipinski definition) is 1. The molecule has 0 atom stereocenters. The van der Waals surface area contributed by atoms with Crippen LogP contribution < -0.4 is 10.1 Å². The van der Waals surface area contributed by atoms with Crippen molar-refractivity contribution in [2.24, 2.45) is 5.41 Å². The van der Waals surface area contributed by atoms with E-state index in [1.165, 1.54) is 12.8 Å². The number of rotatable bonds is 5. The Kier molecular flexibility index (Phi) is 3.38. The van der Waals surface area contributed by atoms with Crippen molar-refractivity contribution in [2.75, 3.05) is 11.9 Å². The van der Waals surface area contributed by atoms with Crippen LogP contribution in [0.1, 0.15) is 33.6 Å². The molecule has 0 spiro atoms. The van der Waals surface area contributed by atoms with E-state index in [0.717, 1.165) is 6.54 Å². The lowest BCUT2D eigenvalue weighted by molar-refractivity contribution is 0.222. The first-order valence-electron chi connectivity index (χ1n) is 5.79. The van der Waals surface area contributed by atoms with Crippen molar-refractivity contribution in [3.8, 4) is 6.01 Å². The predicted octanol–water partition coefficient (Wildman–Crippen LogP) is 2.52. The molecule has 94 valence electrons. The molecule has 1 aromatic heterocycles. The first-order valence-corrected chi connectivity index (χ1v) is 6.17. The van der Waals surface area contributed by atoms with E-state index in [1.807, 2.05) is 13.8 Å². The normalized spacial score (nSPS) is 17.0. The largest absolute Gasteiger partial charge is 0.461 e. The third-order valence-electron chi connectivity index (χ3n) is 2.71. The van der Waals surface area contributed by atoms with Crippen molar-refractivity contribution >= 4 is 17.5 Å². The second-order valence-electron chi connectivity index (χ2n) is 5.04. The van der Waals surface area contributed by atoms with Crippen molar-refractivity contribution in [3.63, 3.8) is 0 Å². The highest BCUT2D eigenvalue weighted by molar-refractivity contribution is 6.28. The Hall–Kier alpha value is -1.10. The molecule has 1 saturated carbocycles. The van der Waals surface area contributed by atoms with Gasteiger partial charge >= 0.3 is 6.01 Å². The van der Waals surface area contributed by atoms with E-state index < -0.39 is 0 Å². The van der Waals surface area contributed by atoms with Crippen molar-refractivity contribution in [1.82, 2.24) is 15.0 Å². The van der Waals surface area contributed by atoms with Crippen molar-refractivity contribution in [2.45, 2.75) is 39.7 Å². The Bertz CT molecular complexity index is 406. The molecule has 2 rings (SSSR count). The number of nitrogens with zero attached hydrogens (tertiary/aromatic N) is 3. The molecule has 0 radical (unpaired) electrons. The lowest BCUT2D eigenvalue weighted by Gasteiger charge is -2.12. The number of hydrogen-bond acceptors (Lipinski definition) is 5. The fourth-order valence-electron chi connectivity index (χ4n) is 1.36. The van der Waals surface area contributed by atoms with Crippen LogP contribution in [0.4, 0.5) is 5.95 Å². The SMILES string of the molecule is CC(C)Oc1nc(Cl)nc(NCC2(C)CC2)n1. The molecule has 1 aliphatic rings. The molecule has 0 aromatic carbocycles. The maximum Gasteiger partial charge on any atom is 0.322 e. The minimum Gasteiger partial charge on any atom is -0.461 e. The van der Waals surface area contributed by atoms with Crippen LogP contribution in [0.15, 0.2) is 0 Å². The van der Waals surface area contributed by atoms with E-state index in [0.29, 0.717) is 11.4 Å². The maximum atomic E-state index is 5.82. The summed E-state index contributed by atoms with van der Waals surface area (Å²) >= 11 is 5.82. The summed E-state index contributed by atoms with van der Waals surface area (Å²) in [5.74, 6) is 0.480. The highest BCUT2D eigenvalue weighted by Gasteiger charge is 2.37. The molecule has 0 amide bonds. The zero-order chi connectivity index (χ0) is 12.5. The third-order valence-corrected chi connectivity index (χ3v) is 2.87. The Balaban J connectivity index is 2.02. The highest BCUT2D eigenvalue weighted by Crippen LogP contribution is 2.44. The van der Waals surface area contributed by atoms with Crippen LogP contribution >= 0.6 is 11.6 Å². The molecular weight excluding hydrogens is 240 g/mol. The fourth-order valence-corrected chi connectivity index (χ4v) is 1.51. The lowest BCUT2D eigenvalue weighted by atomic mass is 10.1. The van der Waals surface area contributed by atoms with Gasteiger partial charge in [0, 0.05) is 6.54 Å². The average molecular weight is 257 g/mol.